The molecule has 1 amide bonds. The normalized spacial score (nSPS) is 15.7. The van der Waals surface area contributed by atoms with Gasteiger partial charge in [-0.25, -0.2) is 0 Å². The fraction of sp³-hybridized carbons (Fsp3) is 0.350. The van der Waals surface area contributed by atoms with Crippen LogP contribution in [0.25, 0.3) is 0 Å². The predicted octanol–water partition coefficient (Wildman–Crippen LogP) is 3.47. The van der Waals surface area contributed by atoms with Gasteiger partial charge < -0.3 is 9.64 Å². The Bertz CT molecular complexity index is 764. The van der Waals surface area contributed by atoms with Crippen molar-refractivity contribution < 1.29 is 9.53 Å². The molecule has 0 aliphatic heterocycles. The maximum atomic E-state index is 13.0. The molecule has 1 aliphatic carbocycles. The molecule has 1 aromatic carbocycles. The third kappa shape index (κ3) is 3.97. The molecule has 3 rings (SSSR count). The summed E-state index contributed by atoms with van der Waals surface area (Å²) >= 11 is 0. The average Bonchev–Trinajstić information content (AvgIpc) is 3.48. The standard InChI is InChI=1S/C20H21N3O2/c1-14(17-4-3-11-22-13-17)23(18-7-8-18)20(24)15(2)25-19-9-5-16(12-21)6-10-19/h3-6,9-11,13-15,18H,7-8H2,1-2H3/t14-,15+/m1/s1. The van der Waals surface area contributed by atoms with Gasteiger partial charge in [0.15, 0.2) is 6.10 Å². The molecule has 1 saturated carbocycles. The lowest BCUT2D eigenvalue weighted by molar-refractivity contribution is -0.141. The van der Waals surface area contributed by atoms with E-state index >= 15 is 0 Å². The molecule has 5 heteroatoms. The van der Waals surface area contributed by atoms with Crippen LogP contribution in [0.2, 0.25) is 0 Å². The number of carbonyl (C=O) groups is 1. The first kappa shape index (κ1) is 17.0. The van der Waals surface area contributed by atoms with Crippen molar-refractivity contribution in [1.82, 2.24) is 9.88 Å². The van der Waals surface area contributed by atoms with E-state index in [1.54, 1.807) is 43.6 Å². The number of hydrogen-bond donors (Lipinski definition) is 0. The lowest BCUT2D eigenvalue weighted by atomic mass is 10.1. The molecule has 2 atom stereocenters. The topological polar surface area (TPSA) is 66.2 Å². The molecule has 0 unspecified atom stereocenters. The fourth-order valence-corrected chi connectivity index (χ4v) is 2.90. The second-order valence-electron chi connectivity index (χ2n) is 6.34. The maximum absolute atomic E-state index is 13.0. The lowest BCUT2D eigenvalue weighted by Crippen LogP contribution is -2.43. The van der Waals surface area contributed by atoms with Gasteiger partial charge in [-0.1, -0.05) is 6.07 Å². The summed E-state index contributed by atoms with van der Waals surface area (Å²) in [7, 11) is 0. The lowest BCUT2D eigenvalue weighted by Gasteiger charge is -2.32. The highest BCUT2D eigenvalue weighted by Gasteiger charge is 2.38. The van der Waals surface area contributed by atoms with Crippen LogP contribution in [0.5, 0.6) is 5.75 Å². The zero-order valence-corrected chi connectivity index (χ0v) is 14.4. The largest absolute Gasteiger partial charge is 0.481 e. The summed E-state index contributed by atoms with van der Waals surface area (Å²) in [6.07, 6.45) is 5.00. The Morgan fingerprint density at radius 1 is 1.28 bits per heavy atom. The van der Waals surface area contributed by atoms with E-state index in [4.69, 9.17) is 10.00 Å². The van der Waals surface area contributed by atoms with Crippen LogP contribution in [0.15, 0.2) is 48.8 Å². The van der Waals surface area contributed by atoms with Gasteiger partial charge in [-0.15, -0.1) is 0 Å². The molecule has 25 heavy (non-hydrogen) atoms. The third-order valence-electron chi connectivity index (χ3n) is 4.42. The summed E-state index contributed by atoms with van der Waals surface area (Å²) in [6.45, 7) is 3.80. The Labute approximate surface area is 147 Å². The molecule has 0 saturated heterocycles. The van der Waals surface area contributed by atoms with Crippen LogP contribution in [-0.4, -0.2) is 27.9 Å². The monoisotopic (exact) mass is 335 g/mol. The zero-order chi connectivity index (χ0) is 17.8. The Kier molecular flexibility index (Phi) is 4.99. The number of pyridine rings is 1. The Morgan fingerprint density at radius 2 is 2.00 bits per heavy atom. The highest BCUT2D eigenvalue weighted by Crippen LogP contribution is 2.35. The second kappa shape index (κ2) is 7.35. The zero-order valence-electron chi connectivity index (χ0n) is 14.4. The maximum Gasteiger partial charge on any atom is 0.264 e. The SMILES string of the molecule is C[C@H](Oc1ccc(C#N)cc1)C(=O)N(C1CC1)[C@H](C)c1cccnc1. The van der Waals surface area contributed by atoms with Crippen LogP contribution < -0.4 is 4.74 Å². The quantitative estimate of drug-likeness (QED) is 0.811. The van der Waals surface area contributed by atoms with Crippen molar-refractivity contribution >= 4 is 5.91 Å². The number of nitrogens with zero attached hydrogens (tertiary/aromatic N) is 3. The molecule has 0 N–H and O–H groups in total. The predicted molar refractivity (Wildman–Crippen MR) is 93.8 cm³/mol. The van der Waals surface area contributed by atoms with Crippen molar-refractivity contribution in [3.05, 3.63) is 59.9 Å². The van der Waals surface area contributed by atoms with Gasteiger partial charge in [0.05, 0.1) is 17.7 Å². The van der Waals surface area contributed by atoms with Gasteiger partial charge in [0.2, 0.25) is 0 Å². The third-order valence-corrected chi connectivity index (χ3v) is 4.42. The first-order valence-corrected chi connectivity index (χ1v) is 8.49. The van der Waals surface area contributed by atoms with Gasteiger partial charge in [-0.05, 0) is 62.6 Å². The number of aromatic nitrogens is 1. The number of hydrogen-bond acceptors (Lipinski definition) is 4. The molecule has 0 spiro atoms. The average molecular weight is 335 g/mol. The van der Waals surface area contributed by atoms with Crippen molar-refractivity contribution in [3.63, 3.8) is 0 Å². The Morgan fingerprint density at radius 3 is 2.56 bits per heavy atom. The first-order chi connectivity index (χ1) is 12.1. The van der Waals surface area contributed by atoms with Crippen LogP contribution in [0, 0.1) is 11.3 Å². The minimum Gasteiger partial charge on any atom is -0.481 e. The van der Waals surface area contributed by atoms with Crippen LogP contribution in [0.1, 0.15) is 43.9 Å². The molecule has 1 fully saturated rings. The number of nitriles is 1. The minimum atomic E-state index is -0.590. The van der Waals surface area contributed by atoms with Crippen molar-refractivity contribution in [3.8, 4) is 11.8 Å². The van der Waals surface area contributed by atoms with Crippen LogP contribution >= 0.6 is 0 Å². The minimum absolute atomic E-state index is 0.0248. The van der Waals surface area contributed by atoms with Gasteiger partial charge in [-0.2, -0.15) is 5.26 Å². The fourth-order valence-electron chi connectivity index (χ4n) is 2.90. The van der Waals surface area contributed by atoms with Crippen LogP contribution in [0.3, 0.4) is 0 Å². The molecule has 1 aromatic heterocycles. The molecule has 128 valence electrons. The van der Waals surface area contributed by atoms with Crippen LogP contribution in [-0.2, 0) is 4.79 Å². The first-order valence-electron chi connectivity index (χ1n) is 8.49. The smallest absolute Gasteiger partial charge is 0.264 e. The summed E-state index contributed by atoms with van der Waals surface area (Å²) in [5, 5.41) is 8.85. The molecule has 1 aliphatic rings. The van der Waals surface area contributed by atoms with E-state index in [9.17, 15) is 4.79 Å². The number of rotatable bonds is 6. The van der Waals surface area contributed by atoms with E-state index in [2.05, 4.69) is 11.1 Å². The van der Waals surface area contributed by atoms with E-state index in [0.29, 0.717) is 11.3 Å². The highest BCUT2D eigenvalue weighted by molar-refractivity contribution is 5.82. The number of carbonyl (C=O) groups excluding carboxylic acids is 1. The number of ether oxygens (including phenoxy) is 1. The van der Waals surface area contributed by atoms with Gasteiger partial charge in [0.1, 0.15) is 5.75 Å². The Balaban J connectivity index is 1.72. The summed E-state index contributed by atoms with van der Waals surface area (Å²) in [4.78, 5) is 19.1. The van der Waals surface area contributed by atoms with Gasteiger partial charge >= 0.3 is 0 Å². The van der Waals surface area contributed by atoms with Crippen molar-refractivity contribution in [2.75, 3.05) is 0 Å². The Hall–Kier alpha value is -2.87. The molecule has 0 bridgehead atoms. The van der Waals surface area contributed by atoms with E-state index < -0.39 is 6.10 Å². The van der Waals surface area contributed by atoms with Crippen molar-refractivity contribution in [2.24, 2.45) is 0 Å². The number of amides is 1. The number of benzene rings is 1. The van der Waals surface area contributed by atoms with Gasteiger partial charge in [0.25, 0.3) is 5.91 Å². The molecule has 1 heterocycles. The summed E-state index contributed by atoms with van der Waals surface area (Å²) < 4.78 is 5.80. The van der Waals surface area contributed by atoms with E-state index in [1.807, 2.05) is 24.0 Å². The van der Waals surface area contributed by atoms with Gasteiger partial charge in [-0.3, -0.25) is 9.78 Å². The molecule has 0 radical (unpaired) electrons. The van der Waals surface area contributed by atoms with Crippen molar-refractivity contribution in [2.45, 2.75) is 44.9 Å². The summed E-state index contributed by atoms with van der Waals surface area (Å²) in [5.74, 6) is 0.563. The van der Waals surface area contributed by atoms with E-state index in [-0.39, 0.29) is 18.0 Å². The molecular formula is C20H21N3O2. The van der Waals surface area contributed by atoms with Gasteiger partial charge in [0, 0.05) is 18.4 Å². The van der Waals surface area contributed by atoms with E-state index in [0.717, 1.165) is 18.4 Å². The van der Waals surface area contributed by atoms with E-state index in [1.165, 1.54) is 0 Å². The summed E-state index contributed by atoms with van der Waals surface area (Å²) in [5.41, 5.74) is 1.59. The molecule has 5 nitrogen and oxygen atoms in total. The van der Waals surface area contributed by atoms with Crippen molar-refractivity contribution in [1.29, 1.82) is 5.26 Å². The molecule has 2 aromatic rings. The highest BCUT2D eigenvalue weighted by atomic mass is 16.5. The summed E-state index contributed by atoms with van der Waals surface area (Å²) in [6, 6.07) is 13.0. The second-order valence-corrected chi connectivity index (χ2v) is 6.34. The van der Waals surface area contributed by atoms with Crippen LogP contribution in [0.4, 0.5) is 0 Å². The molecular weight excluding hydrogens is 314 g/mol.